The normalized spacial score (nSPS) is 20.4. The number of nitrogens with zero attached hydrogens (tertiary/aromatic N) is 1. The molecule has 0 saturated carbocycles. The Hall–Kier alpha value is -2.76. The molecule has 6 heteroatoms. The van der Waals surface area contributed by atoms with Crippen molar-refractivity contribution in [3.63, 3.8) is 0 Å². The van der Waals surface area contributed by atoms with Crippen LogP contribution in [-0.4, -0.2) is 23.8 Å². The van der Waals surface area contributed by atoms with Gasteiger partial charge in [-0.1, -0.05) is 18.2 Å². The van der Waals surface area contributed by atoms with Gasteiger partial charge in [0.15, 0.2) is 0 Å². The molecule has 1 N–H and O–H groups in total. The number of hydrogen-bond acceptors (Lipinski definition) is 2. The van der Waals surface area contributed by atoms with Gasteiger partial charge in [0, 0.05) is 19.2 Å². The highest BCUT2D eigenvalue weighted by atomic mass is 19.1. The van der Waals surface area contributed by atoms with Gasteiger partial charge in [-0.3, -0.25) is 9.59 Å². The first-order valence-electron chi connectivity index (χ1n) is 8.03. The molecule has 0 radical (unpaired) electrons. The highest BCUT2D eigenvalue weighted by Gasteiger charge is 2.39. The van der Waals surface area contributed by atoms with Gasteiger partial charge in [-0.05, 0) is 42.3 Å². The quantitative estimate of drug-likeness (QED) is 0.926. The maximum absolute atomic E-state index is 13.6. The number of carbonyl (C=O) groups is 2. The van der Waals surface area contributed by atoms with E-state index in [1.807, 2.05) is 0 Å². The van der Waals surface area contributed by atoms with E-state index < -0.39 is 23.6 Å². The summed E-state index contributed by atoms with van der Waals surface area (Å²) < 4.78 is 26.9. The molecule has 1 fully saturated rings. The largest absolute Gasteiger partial charge is 0.338 e. The molecule has 1 saturated heterocycles. The molecule has 1 aliphatic heterocycles. The summed E-state index contributed by atoms with van der Waals surface area (Å²) in [6.45, 7) is 0. The summed E-state index contributed by atoms with van der Waals surface area (Å²) in [5, 5.41) is 2.69. The van der Waals surface area contributed by atoms with Gasteiger partial charge in [0.25, 0.3) is 0 Å². The van der Waals surface area contributed by atoms with Crippen LogP contribution in [0.2, 0.25) is 0 Å². The van der Waals surface area contributed by atoms with E-state index in [9.17, 15) is 18.4 Å². The van der Waals surface area contributed by atoms with Crippen molar-refractivity contribution in [2.24, 2.45) is 5.92 Å². The fraction of sp³-hybridized carbons (Fsp3) is 0.263. The van der Waals surface area contributed by atoms with Gasteiger partial charge < -0.3 is 10.2 Å². The molecule has 2 aromatic carbocycles. The van der Waals surface area contributed by atoms with Gasteiger partial charge in [-0.15, -0.1) is 0 Å². The molecule has 2 aromatic rings. The van der Waals surface area contributed by atoms with Gasteiger partial charge in [-0.25, -0.2) is 8.78 Å². The number of likely N-dealkylation sites (tertiary alicyclic amines) is 1. The third-order valence-electron chi connectivity index (χ3n) is 4.48. The predicted octanol–water partition coefficient (Wildman–Crippen LogP) is 3.51. The number of piperidine rings is 1. The summed E-state index contributed by atoms with van der Waals surface area (Å²) in [6.07, 6.45) is 0.592. The number of halogens is 2. The minimum atomic E-state index is -0.564. The molecule has 4 nitrogen and oxygen atoms in total. The van der Waals surface area contributed by atoms with E-state index in [4.69, 9.17) is 0 Å². The zero-order chi connectivity index (χ0) is 18.0. The van der Waals surface area contributed by atoms with Crippen molar-refractivity contribution in [3.8, 4) is 0 Å². The monoisotopic (exact) mass is 344 g/mol. The van der Waals surface area contributed by atoms with Crippen molar-refractivity contribution in [1.29, 1.82) is 0 Å². The number of carbonyl (C=O) groups excluding carboxylic acids is 2. The van der Waals surface area contributed by atoms with Crippen molar-refractivity contribution in [1.82, 2.24) is 4.90 Å². The van der Waals surface area contributed by atoms with Crippen LogP contribution in [0.3, 0.4) is 0 Å². The third-order valence-corrected chi connectivity index (χ3v) is 4.48. The van der Waals surface area contributed by atoms with Crippen LogP contribution in [-0.2, 0) is 9.59 Å². The van der Waals surface area contributed by atoms with Crippen LogP contribution in [0.1, 0.15) is 24.4 Å². The topological polar surface area (TPSA) is 49.4 Å². The van der Waals surface area contributed by atoms with Crippen molar-refractivity contribution in [2.75, 3.05) is 12.4 Å². The molecule has 1 aliphatic rings. The second-order valence-electron chi connectivity index (χ2n) is 6.15. The molecule has 130 valence electrons. The summed E-state index contributed by atoms with van der Waals surface area (Å²) in [5.74, 6) is -1.83. The van der Waals surface area contributed by atoms with Gasteiger partial charge in [0.05, 0.1) is 12.0 Å². The van der Waals surface area contributed by atoms with Gasteiger partial charge in [-0.2, -0.15) is 0 Å². The average molecular weight is 344 g/mol. The molecule has 2 atom stereocenters. The summed E-state index contributed by atoms with van der Waals surface area (Å²) >= 11 is 0. The summed E-state index contributed by atoms with van der Waals surface area (Å²) in [5.41, 5.74) is 0.914. The van der Waals surface area contributed by atoms with Gasteiger partial charge in [0.1, 0.15) is 11.6 Å². The zero-order valence-electron chi connectivity index (χ0n) is 13.7. The Morgan fingerprint density at radius 1 is 1.12 bits per heavy atom. The lowest BCUT2D eigenvalue weighted by Gasteiger charge is -2.38. The lowest BCUT2D eigenvalue weighted by molar-refractivity contribution is -0.140. The Kier molecular flexibility index (Phi) is 4.79. The molecule has 0 bridgehead atoms. The molecular weight excluding hydrogens is 326 g/mol. The Morgan fingerprint density at radius 3 is 2.48 bits per heavy atom. The standard InChI is InChI=1S/C19H18F2N2O2/c1-23-17(24)9-8-16(18(23)12-4-2-5-13(20)10-12)19(25)22-15-7-3-6-14(21)11-15/h2-7,10-11,16,18H,8-9H2,1H3,(H,22,25)/t16-,18+/m1/s1. The van der Waals surface area contributed by atoms with E-state index in [1.54, 1.807) is 25.2 Å². The molecule has 2 amide bonds. The first-order valence-corrected chi connectivity index (χ1v) is 8.03. The van der Waals surface area contributed by atoms with Crippen molar-refractivity contribution < 1.29 is 18.4 Å². The SMILES string of the molecule is CN1C(=O)CC[C@@H](C(=O)Nc2cccc(F)c2)[C@@H]1c1cccc(F)c1. The number of benzene rings is 2. The lowest BCUT2D eigenvalue weighted by atomic mass is 9.84. The molecular formula is C19H18F2N2O2. The van der Waals surface area contributed by atoms with Gasteiger partial charge >= 0.3 is 0 Å². The Bertz CT molecular complexity index is 810. The Labute approximate surface area is 144 Å². The van der Waals surface area contributed by atoms with Crippen LogP contribution in [0.25, 0.3) is 0 Å². The average Bonchev–Trinajstić information content (AvgIpc) is 2.57. The lowest BCUT2D eigenvalue weighted by Crippen LogP contribution is -2.44. The fourth-order valence-electron chi connectivity index (χ4n) is 3.26. The maximum Gasteiger partial charge on any atom is 0.229 e. The second-order valence-corrected chi connectivity index (χ2v) is 6.15. The van der Waals surface area contributed by atoms with E-state index in [1.165, 1.54) is 35.2 Å². The molecule has 0 spiro atoms. The van der Waals surface area contributed by atoms with Crippen LogP contribution in [0, 0.1) is 17.6 Å². The van der Waals surface area contributed by atoms with Crippen LogP contribution in [0.4, 0.5) is 14.5 Å². The van der Waals surface area contributed by atoms with Crippen molar-refractivity contribution in [2.45, 2.75) is 18.9 Å². The number of rotatable bonds is 3. The summed E-state index contributed by atoms with van der Waals surface area (Å²) in [7, 11) is 1.61. The molecule has 1 heterocycles. The summed E-state index contributed by atoms with van der Waals surface area (Å²) in [6, 6.07) is 11.0. The molecule has 3 rings (SSSR count). The number of hydrogen-bond donors (Lipinski definition) is 1. The first-order chi connectivity index (χ1) is 12.0. The Balaban J connectivity index is 1.89. The van der Waals surface area contributed by atoms with Crippen LogP contribution < -0.4 is 5.32 Å². The van der Waals surface area contributed by atoms with Crippen molar-refractivity contribution >= 4 is 17.5 Å². The fourth-order valence-corrected chi connectivity index (χ4v) is 3.26. The van der Waals surface area contributed by atoms with Crippen LogP contribution in [0.5, 0.6) is 0 Å². The molecule has 0 unspecified atom stereocenters. The molecule has 25 heavy (non-hydrogen) atoms. The van der Waals surface area contributed by atoms with E-state index in [-0.39, 0.29) is 18.2 Å². The highest BCUT2D eigenvalue weighted by molar-refractivity contribution is 5.94. The number of nitrogens with one attached hydrogen (secondary N) is 1. The maximum atomic E-state index is 13.6. The van der Waals surface area contributed by atoms with Crippen LogP contribution in [0.15, 0.2) is 48.5 Å². The third kappa shape index (κ3) is 3.68. The molecule has 0 aromatic heterocycles. The van der Waals surface area contributed by atoms with E-state index in [0.29, 0.717) is 17.7 Å². The van der Waals surface area contributed by atoms with E-state index >= 15 is 0 Å². The van der Waals surface area contributed by atoms with E-state index in [2.05, 4.69) is 5.32 Å². The minimum absolute atomic E-state index is 0.0935. The predicted molar refractivity (Wildman–Crippen MR) is 89.7 cm³/mol. The molecule has 0 aliphatic carbocycles. The van der Waals surface area contributed by atoms with Crippen molar-refractivity contribution in [3.05, 3.63) is 65.7 Å². The number of anilines is 1. The summed E-state index contributed by atoms with van der Waals surface area (Å²) in [4.78, 5) is 26.3. The van der Waals surface area contributed by atoms with E-state index in [0.717, 1.165) is 0 Å². The number of amides is 2. The minimum Gasteiger partial charge on any atom is -0.338 e. The second kappa shape index (κ2) is 7.01. The zero-order valence-corrected chi connectivity index (χ0v) is 13.7. The smallest absolute Gasteiger partial charge is 0.229 e. The van der Waals surface area contributed by atoms with Gasteiger partial charge in [0.2, 0.25) is 11.8 Å². The van der Waals surface area contributed by atoms with Crippen LogP contribution >= 0.6 is 0 Å². The highest BCUT2D eigenvalue weighted by Crippen LogP contribution is 2.36. The Morgan fingerprint density at radius 2 is 1.80 bits per heavy atom. The first kappa shape index (κ1) is 17.1.